The van der Waals surface area contributed by atoms with Crippen molar-refractivity contribution in [1.82, 2.24) is 9.80 Å². The molecular weight excluding hydrogens is 428 g/mol. The predicted octanol–water partition coefficient (Wildman–Crippen LogP) is 4.83. The van der Waals surface area contributed by atoms with Gasteiger partial charge < -0.3 is 19.1 Å². The van der Waals surface area contributed by atoms with Crippen LogP contribution < -0.4 is 4.74 Å². The summed E-state index contributed by atoms with van der Waals surface area (Å²) in [7, 11) is 1.77. The number of ether oxygens (including phenoxy) is 3. The van der Waals surface area contributed by atoms with Crippen molar-refractivity contribution in [2.24, 2.45) is 0 Å². The molecule has 2 saturated heterocycles. The van der Waals surface area contributed by atoms with Crippen molar-refractivity contribution in [1.29, 1.82) is 0 Å². The van der Waals surface area contributed by atoms with E-state index < -0.39 is 0 Å². The lowest BCUT2D eigenvalue weighted by molar-refractivity contribution is -0.192. The van der Waals surface area contributed by atoms with Crippen molar-refractivity contribution in [2.75, 3.05) is 39.9 Å². The maximum Gasteiger partial charge on any atom is 0.253 e. The molecule has 34 heavy (non-hydrogen) atoms. The summed E-state index contributed by atoms with van der Waals surface area (Å²) in [6.07, 6.45) is 10.0. The van der Waals surface area contributed by atoms with E-state index >= 15 is 0 Å². The fraction of sp³-hybridized carbons (Fsp3) is 0.750. The van der Waals surface area contributed by atoms with Crippen molar-refractivity contribution < 1.29 is 19.0 Å². The monoisotopic (exact) mass is 472 g/mol. The molecule has 0 aromatic heterocycles. The van der Waals surface area contributed by atoms with Crippen LogP contribution in [0.15, 0.2) is 18.2 Å². The molecule has 4 rings (SSSR count). The average molecular weight is 473 g/mol. The van der Waals surface area contributed by atoms with Gasteiger partial charge in [-0.15, -0.1) is 0 Å². The van der Waals surface area contributed by atoms with Crippen molar-refractivity contribution >= 4 is 5.91 Å². The highest BCUT2D eigenvalue weighted by atomic mass is 16.5. The molecule has 2 aliphatic heterocycles. The standard InChI is InChI=1S/C28H44N2O4/c1-21(2)33-26-12-11-23(17-22(26)3)27(31)29-15-13-28(14-16-29)20-30(18-25(34-28)19-32-4)24-9-7-5-6-8-10-24/h11-12,17,21,24-25H,5-10,13-16,18-20H2,1-4H3. The van der Waals surface area contributed by atoms with Gasteiger partial charge in [-0.2, -0.15) is 0 Å². The van der Waals surface area contributed by atoms with Crippen LogP contribution >= 0.6 is 0 Å². The van der Waals surface area contributed by atoms with Crippen molar-refractivity contribution in [2.45, 2.75) is 96.0 Å². The Kier molecular flexibility index (Phi) is 8.54. The van der Waals surface area contributed by atoms with E-state index in [0.717, 1.165) is 55.9 Å². The normalized spacial score (nSPS) is 24.4. The van der Waals surface area contributed by atoms with Crippen LogP contribution in [0.4, 0.5) is 0 Å². The SMILES string of the molecule is COCC1CN(C2CCCCCC2)CC2(CCN(C(=O)c3ccc(OC(C)C)c(C)c3)CC2)O1. The zero-order valence-electron chi connectivity index (χ0n) is 21.7. The molecule has 1 aromatic rings. The zero-order chi connectivity index (χ0) is 24.1. The highest BCUT2D eigenvalue weighted by Crippen LogP contribution is 2.36. The maximum atomic E-state index is 13.3. The smallest absolute Gasteiger partial charge is 0.253 e. The molecule has 1 atom stereocenters. The Morgan fingerprint density at radius 3 is 2.47 bits per heavy atom. The Labute approximate surface area is 205 Å². The van der Waals surface area contributed by atoms with Gasteiger partial charge in [-0.05, 0) is 70.2 Å². The molecule has 1 unspecified atom stereocenters. The molecule has 3 fully saturated rings. The second-order valence-electron chi connectivity index (χ2n) is 10.9. The number of piperidine rings is 1. The minimum Gasteiger partial charge on any atom is -0.491 e. The number of carbonyl (C=O) groups is 1. The fourth-order valence-corrected chi connectivity index (χ4v) is 6.04. The van der Waals surface area contributed by atoms with E-state index in [9.17, 15) is 4.79 Å². The molecule has 190 valence electrons. The van der Waals surface area contributed by atoms with Crippen LogP contribution in [-0.2, 0) is 9.47 Å². The number of hydrogen-bond acceptors (Lipinski definition) is 5. The Bertz CT molecular complexity index is 811. The van der Waals surface area contributed by atoms with Crippen LogP contribution in [0.3, 0.4) is 0 Å². The first-order valence-corrected chi connectivity index (χ1v) is 13.4. The largest absolute Gasteiger partial charge is 0.491 e. The topological polar surface area (TPSA) is 51.2 Å². The lowest BCUT2D eigenvalue weighted by Gasteiger charge is -2.51. The number of carbonyl (C=O) groups excluding carboxylic acids is 1. The molecule has 6 nitrogen and oxygen atoms in total. The molecule has 0 N–H and O–H groups in total. The van der Waals surface area contributed by atoms with Gasteiger partial charge in [-0.25, -0.2) is 0 Å². The third-order valence-electron chi connectivity index (χ3n) is 7.79. The lowest BCUT2D eigenvalue weighted by Crippen LogP contribution is -2.62. The van der Waals surface area contributed by atoms with Crippen LogP contribution in [0.2, 0.25) is 0 Å². The van der Waals surface area contributed by atoms with Gasteiger partial charge in [-0.3, -0.25) is 9.69 Å². The van der Waals surface area contributed by atoms with E-state index in [0.29, 0.717) is 12.6 Å². The van der Waals surface area contributed by atoms with E-state index in [4.69, 9.17) is 14.2 Å². The number of nitrogens with zero attached hydrogens (tertiary/aromatic N) is 2. The van der Waals surface area contributed by atoms with Gasteiger partial charge in [0.2, 0.25) is 0 Å². The molecule has 0 radical (unpaired) electrons. The summed E-state index contributed by atoms with van der Waals surface area (Å²) in [6.45, 7) is 10.1. The fourth-order valence-electron chi connectivity index (χ4n) is 6.04. The van der Waals surface area contributed by atoms with Gasteiger partial charge in [-0.1, -0.05) is 25.7 Å². The highest BCUT2D eigenvalue weighted by Gasteiger charge is 2.45. The van der Waals surface area contributed by atoms with Gasteiger partial charge in [0.05, 0.1) is 24.4 Å². The molecule has 1 aliphatic carbocycles. The number of rotatable bonds is 6. The van der Waals surface area contributed by atoms with Gasteiger partial charge in [0.15, 0.2) is 0 Å². The van der Waals surface area contributed by atoms with Crippen molar-refractivity contribution in [3.63, 3.8) is 0 Å². The zero-order valence-corrected chi connectivity index (χ0v) is 21.7. The first-order valence-electron chi connectivity index (χ1n) is 13.4. The minimum atomic E-state index is -0.171. The first kappa shape index (κ1) is 25.5. The molecule has 6 heteroatoms. The second-order valence-corrected chi connectivity index (χ2v) is 10.9. The molecule has 2 heterocycles. The molecule has 1 aromatic carbocycles. The van der Waals surface area contributed by atoms with Gasteiger partial charge in [0.25, 0.3) is 5.91 Å². The third kappa shape index (κ3) is 6.13. The number of hydrogen-bond donors (Lipinski definition) is 0. The summed E-state index contributed by atoms with van der Waals surface area (Å²) < 4.78 is 18.0. The second kappa shape index (κ2) is 11.4. The minimum absolute atomic E-state index is 0.110. The number of likely N-dealkylation sites (tertiary alicyclic amines) is 1. The van der Waals surface area contributed by atoms with Crippen molar-refractivity contribution in [3.05, 3.63) is 29.3 Å². The quantitative estimate of drug-likeness (QED) is 0.555. The van der Waals surface area contributed by atoms with Gasteiger partial charge in [0, 0.05) is 44.9 Å². The van der Waals surface area contributed by atoms with E-state index in [2.05, 4.69) is 4.90 Å². The van der Waals surface area contributed by atoms with E-state index in [-0.39, 0.29) is 23.7 Å². The molecule has 0 bridgehead atoms. The Balaban J connectivity index is 1.41. The van der Waals surface area contributed by atoms with Crippen LogP contribution in [-0.4, -0.2) is 79.5 Å². The predicted molar refractivity (Wildman–Crippen MR) is 135 cm³/mol. The van der Waals surface area contributed by atoms with Crippen molar-refractivity contribution in [3.8, 4) is 5.75 Å². The summed E-state index contributed by atoms with van der Waals surface area (Å²) in [5, 5.41) is 0. The third-order valence-corrected chi connectivity index (χ3v) is 7.79. The number of amides is 1. The van der Waals surface area contributed by atoms with E-state index in [1.165, 1.54) is 38.5 Å². The van der Waals surface area contributed by atoms with Gasteiger partial charge >= 0.3 is 0 Å². The summed E-state index contributed by atoms with van der Waals surface area (Å²) >= 11 is 0. The van der Waals surface area contributed by atoms with Crippen LogP contribution in [0, 0.1) is 6.92 Å². The molecule has 1 amide bonds. The van der Waals surface area contributed by atoms with Gasteiger partial charge in [0.1, 0.15) is 5.75 Å². The first-order chi connectivity index (χ1) is 16.4. The summed E-state index contributed by atoms with van der Waals surface area (Å²) in [5.74, 6) is 0.960. The number of benzene rings is 1. The summed E-state index contributed by atoms with van der Waals surface area (Å²) in [4.78, 5) is 18.0. The number of methoxy groups -OCH3 is 1. The Hall–Kier alpha value is -1.63. The van der Waals surface area contributed by atoms with Crippen LogP contribution in [0.5, 0.6) is 5.75 Å². The molecule has 1 spiro atoms. The summed E-state index contributed by atoms with van der Waals surface area (Å²) in [5.41, 5.74) is 1.58. The van der Waals surface area contributed by atoms with E-state index in [1.807, 2.05) is 43.9 Å². The number of morpholine rings is 1. The van der Waals surface area contributed by atoms with Crippen LogP contribution in [0.1, 0.15) is 81.1 Å². The van der Waals surface area contributed by atoms with E-state index in [1.54, 1.807) is 7.11 Å². The molecule has 3 aliphatic rings. The molecular formula is C28H44N2O4. The lowest BCUT2D eigenvalue weighted by atomic mass is 9.87. The number of aryl methyl sites for hydroxylation is 1. The van der Waals surface area contributed by atoms with Crippen LogP contribution in [0.25, 0.3) is 0 Å². The highest BCUT2D eigenvalue weighted by molar-refractivity contribution is 5.94. The maximum absolute atomic E-state index is 13.3. The summed E-state index contributed by atoms with van der Waals surface area (Å²) in [6, 6.07) is 6.45. The molecule has 1 saturated carbocycles. The average Bonchev–Trinajstić information content (AvgIpc) is 3.10. The Morgan fingerprint density at radius 2 is 1.85 bits per heavy atom. The Morgan fingerprint density at radius 1 is 1.15 bits per heavy atom.